The molecule has 0 atom stereocenters. The topological polar surface area (TPSA) is 49.4 Å². The summed E-state index contributed by atoms with van der Waals surface area (Å²) in [5.74, 6) is -1.15. The van der Waals surface area contributed by atoms with E-state index >= 15 is 0 Å². The molecule has 0 aliphatic carbocycles. The van der Waals surface area contributed by atoms with Gasteiger partial charge in [0.2, 0.25) is 0 Å². The second kappa shape index (κ2) is 8.84. The van der Waals surface area contributed by atoms with E-state index in [9.17, 15) is 17.2 Å². The van der Waals surface area contributed by atoms with Crippen LogP contribution >= 0.6 is 11.3 Å². The van der Waals surface area contributed by atoms with E-state index in [4.69, 9.17) is 0 Å². The van der Waals surface area contributed by atoms with Gasteiger partial charge in [-0.25, -0.2) is 17.2 Å². The fraction of sp³-hybridized carbons (Fsp3) is 0.412. The molecular weight excluding hydrogens is 366 g/mol. The molecule has 0 spiro atoms. The Bertz CT molecular complexity index is 782. The van der Waals surface area contributed by atoms with Gasteiger partial charge in [0.15, 0.2) is 0 Å². The van der Waals surface area contributed by atoms with Gasteiger partial charge in [-0.1, -0.05) is 19.9 Å². The van der Waals surface area contributed by atoms with E-state index in [0.717, 1.165) is 4.88 Å². The maximum atomic E-state index is 13.5. The van der Waals surface area contributed by atoms with E-state index in [1.54, 1.807) is 26.0 Å². The third-order valence-corrected chi connectivity index (χ3v) is 7.51. The van der Waals surface area contributed by atoms with Gasteiger partial charge in [0, 0.05) is 36.6 Å². The van der Waals surface area contributed by atoms with Gasteiger partial charge < -0.3 is 5.32 Å². The van der Waals surface area contributed by atoms with Crippen molar-refractivity contribution >= 4 is 21.4 Å². The summed E-state index contributed by atoms with van der Waals surface area (Å²) in [5.41, 5.74) is 0.0125. The zero-order valence-corrected chi connectivity index (χ0v) is 15.9. The van der Waals surface area contributed by atoms with Crippen LogP contribution in [0.1, 0.15) is 24.3 Å². The predicted octanol–water partition coefficient (Wildman–Crippen LogP) is 3.39. The Morgan fingerprint density at radius 1 is 1.08 bits per heavy atom. The van der Waals surface area contributed by atoms with Crippen LogP contribution < -0.4 is 5.32 Å². The lowest BCUT2D eigenvalue weighted by Gasteiger charge is -2.16. The van der Waals surface area contributed by atoms with E-state index in [1.165, 1.54) is 33.8 Å². The van der Waals surface area contributed by atoms with E-state index in [2.05, 4.69) is 5.32 Å². The fourth-order valence-corrected chi connectivity index (χ4v) is 5.42. The average molecular weight is 389 g/mol. The summed E-state index contributed by atoms with van der Waals surface area (Å²) in [6.45, 7) is 5.07. The Morgan fingerprint density at radius 3 is 2.32 bits per heavy atom. The van der Waals surface area contributed by atoms with Crippen LogP contribution in [0.3, 0.4) is 0 Å². The van der Waals surface area contributed by atoms with Gasteiger partial charge in [0.1, 0.15) is 15.8 Å². The van der Waals surface area contributed by atoms with Crippen molar-refractivity contribution in [3.05, 3.63) is 52.4 Å². The van der Waals surface area contributed by atoms with Crippen LogP contribution in [0.15, 0.2) is 34.5 Å². The first-order valence-corrected chi connectivity index (χ1v) is 10.4. The van der Waals surface area contributed by atoms with Crippen molar-refractivity contribution in [2.24, 2.45) is 0 Å². The number of rotatable bonds is 9. The maximum Gasteiger partial charge on any atom is 0.252 e. The van der Waals surface area contributed by atoms with Crippen LogP contribution in [-0.2, 0) is 23.0 Å². The fourth-order valence-electron chi connectivity index (χ4n) is 2.45. The van der Waals surface area contributed by atoms with Gasteiger partial charge in [-0.15, -0.1) is 11.3 Å². The van der Waals surface area contributed by atoms with E-state index in [-0.39, 0.29) is 12.1 Å². The first-order valence-electron chi connectivity index (χ1n) is 8.12. The van der Waals surface area contributed by atoms with Crippen molar-refractivity contribution in [1.29, 1.82) is 0 Å². The number of nitrogens with one attached hydrogen (secondary N) is 1. The van der Waals surface area contributed by atoms with Gasteiger partial charge in [-0.3, -0.25) is 0 Å². The summed E-state index contributed by atoms with van der Waals surface area (Å²) in [5, 5.41) is 2.99. The summed E-state index contributed by atoms with van der Waals surface area (Å²) in [6, 6.07) is 7.18. The Hall–Kier alpha value is -1.35. The summed E-state index contributed by atoms with van der Waals surface area (Å²) in [7, 11) is -3.43. The molecule has 2 rings (SSSR count). The summed E-state index contributed by atoms with van der Waals surface area (Å²) in [4.78, 5) is 0.909. The van der Waals surface area contributed by atoms with Crippen molar-refractivity contribution in [3.63, 3.8) is 0 Å². The molecule has 4 nitrogen and oxygen atoms in total. The minimum atomic E-state index is -3.43. The van der Waals surface area contributed by atoms with Crippen LogP contribution in [0.25, 0.3) is 0 Å². The lowest BCUT2D eigenvalue weighted by molar-refractivity contribution is 0.447. The monoisotopic (exact) mass is 388 g/mol. The Kier molecular flexibility index (Phi) is 7.06. The molecule has 0 saturated heterocycles. The first kappa shape index (κ1) is 20.0. The highest BCUT2D eigenvalue weighted by atomic mass is 32.2. The molecule has 0 aliphatic heterocycles. The largest absolute Gasteiger partial charge is 0.312 e. The van der Waals surface area contributed by atoms with Gasteiger partial charge >= 0.3 is 0 Å². The SMILES string of the molecule is CCN(CC)S(=O)(=O)c1ccc(CCNCc2c(F)cccc2F)s1. The summed E-state index contributed by atoms with van der Waals surface area (Å²) >= 11 is 1.23. The average Bonchev–Trinajstić information content (AvgIpc) is 3.04. The molecule has 138 valence electrons. The highest BCUT2D eigenvalue weighted by Crippen LogP contribution is 2.25. The van der Waals surface area contributed by atoms with Crippen molar-refractivity contribution < 1.29 is 17.2 Å². The second-order valence-corrected chi connectivity index (χ2v) is 8.77. The van der Waals surface area contributed by atoms with Gasteiger partial charge in [-0.2, -0.15) is 4.31 Å². The minimum absolute atomic E-state index is 0.0125. The molecule has 8 heteroatoms. The molecule has 1 N–H and O–H groups in total. The maximum absolute atomic E-state index is 13.5. The highest BCUT2D eigenvalue weighted by molar-refractivity contribution is 7.91. The lowest BCUT2D eigenvalue weighted by atomic mass is 10.2. The van der Waals surface area contributed by atoms with Gasteiger partial charge in [0.05, 0.1) is 0 Å². The molecule has 1 heterocycles. The summed E-state index contributed by atoms with van der Waals surface area (Å²) < 4.78 is 53.7. The molecule has 0 saturated carbocycles. The third kappa shape index (κ3) is 4.84. The number of thiophene rings is 1. The van der Waals surface area contributed by atoms with E-state index < -0.39 is 21.7 Å². The number of nitrogens with zero attached hydrogens (tertiary/aromatic N) is 1. The number of benzene rings is 1. The normalized spacial score (nSPS) is 12.0. The lowest BCUT2D eigenvalue weighted by Crippen LogP contribution is -2.29. The molecule has 0 aliphatic rings. The predicted molar refractivity (Wildman–Crippen MR) is 96.2 cm³/mol. The standard InChI is InChI=1S/C17H22F2N2O2S2/c1-3-21(4-2)25(22,23)17-9-8-13(24-17)10-11-20-12-14-15(18)6-5-7-16(14)19/h5-9,20H,3-4,10-12H2,1-2H3. The zero-order valence-electron chi connectivity index (χ0n) is 14.3. The van der Waals surface area contributed by atoms with Crippen molar-refractivity contribution in [2.45, 2.75) is 31.0 Å². The number of hydrogen-bond donors (Lipinski definition) is 1. The van der Waals surface area contributed by atoms with Crippen molar-refractivity contribution in [3.8, 4) is 0 Å². The molecule has 0 unspecified atom stereocenters. The zero-order chi connectivity index (χ0) is 18.4. The van der Waals surface area contributed by atoms with Crippen LogP contribution in [-0.4, -0.2) is 32.4 Å². The molecule has 1 aromatic carbocycles. The molecule has 0 amide bonds. The van der Waals surface area contributed by atoms with Crippen LogP contribution in [0, 0.1) is 11.6 Å². The van der Waals surface area contributed by atoms with Gasteiger partial charge in [0.25, 0.3) is 10.0 Å². The molecule has 1 aromatic heterocycles. The molecule has 0 bridgehead atoms. The highest BCUT2D eigenvalue weighted by Gasteiger charge is 2.23. The molecule has 0 radical (unpaired) electrons. The van der Waals surface area contributed by atoms with Crippen LogP contribution in [0.2, 0.25) is 0 Å². The number of halogens is 2. The minimum Gasteiger partial charge on any atom is -0.312 e. The molecular formula is C17H22F2N2O2S2. The molecule has 2 aromatic rings. The first-order chi connectivity index (χ1) is 11.9. The number of hydrogen-bond acceptors (Lipinski definition) is 4. The Labute approximate surface area is 151 Å². The quantitative estimate of drug-likeness (QED) is 0.670. The third-order valence-electron chi connectivity index (χ3n) is 3.85. The second-order valence-electron chi connectivity index (χ2n) is 5.44. The smallest absolute Gasteiger partial charge is 0.252 e. The summed E-state index contributed by atoms with van der Waals surface area (Å²) in [6.07, 6.45) is 0.592. The Morgan fingerprint density at radius 2 is 1.72 bits per heavy atom. The van der Waals surface area contributed by atoms with Gasteiger partial charge in [-0.05, 0) is 30.7 Å². The van der Waals surface area contributed by atoms with E-state index in [1.807, 2.05) is 0 Å². The Balaban J connectivity index is 1.92. The molecule has 25 heavy (non-hydrogen) atoms. The molecule has 0 fully saturated rings. The number of sulfonamides is 1. The van der Waals surface area contributed by atoms with Crippen molar-refractivity contribution in [2.75, 3.05) is 19.6 Å². The van der Waals surface area contributed by atoms with Crippen molar-refractivity contribution in [1.82, 2.24) is 9.62 Å². The van der Waals surface area contributed by atoms with Crippen LogP contribution in [0.5, 0.6) is 0 Å². The van der Waals surface area contributed by atoms with Crippen LogP contribution in [0.4, 0.5) is 8.78 Å². The van der Waals surface area contributed by atoms with E-state index in [0.29, 0.717) is 30.3 Å².